The first kappa shape index (κ1) is 17.0. The van der Waals surface area contributed by atoms with Gasteiger partial charge in [0.1, 0.15) is 12.3 Å². The zero-order valence-electron chi connectivity index (χ0n) is 13.2. The summed E-state index contributed by atoms with van der Waals surface area (Å²) in [6.07, 6.45) is -0.732. The van der Waals surface area contributed by atoms with Crippen LogP contribution in [0.15, 0.2) is 24.3 Å². The average molecular weight is 293 g/mol. The van der Waals surface area contributed by atoms with Gasteiger partial charge in [-0.05, 0) is 30.0 Å². The predicted octanol–water partition coefficient (Wildman–Crippen LogP) is 2.29. The van der Waals surface area contributed by atoms with Gasteiger partial charge in [0, 0.05) is 7.05 Å². The summed E-state index contributed by atoms with van der Waals surface area (Å²) in [7, 11) is 1.45. The fraction of sp³-hybridized carbons (Fsp3) is 0.500. The normalized spacial score (nSPS) is 12.6. The number of likely N-dealkylation sites (N-methyl/N-ethyl adjacent to an activating group) is 1. The van der Waals surface area contributed by atoms with E-state index >= 15 is 0 Å². The molecule has 0 radical (unpaired) electrons. The lowest BCUT2D eigenvalue weighted by molar-refractivity contribution is -0.146. The van der Waals surface area contributed by atoms with Gasteiger partial charge >= 0.3 is 5.97 Å². The lowest BCUT2D eigenvalue weighted by Gasteiger charge is -2.23. The Balaban J connectivity index is 2.77. The topological polar surface area (TPSA) is 66.8 Å². The molecular formula is C16H23NO4. The zero-order valence-corrected chi connectivity index (χ0v) is 13.2. The number of nitrogens with zero attached hydrogens (tertiary/aromatic N) is 1. The molecule has 1 aromatic carbocycles. The second kappa shape index (κ2) is 6.61. The van der Waals surface area contributed by atoms with E-state index in [9.17, 15) is 9.59 Å². The minimum absolute atomic E-state index is 0.00723. The van der Waals surface area contributed by atoms with E-state index in [1.807, 2.05) is 18.2 Å². The van der Waals surface area contributed by atoms with Crippen molar-refractivity contribution in [1.82, 2.24) is 4.90 Å². The molecule has 5 heteroatoms. The lowest BCUT2D eigenvalue weighted by atomic mass is 9.87. The number of carboxylic acid groups (broad SMARTS) is 1. The van der Waals surface area contributed by atoms with Crippen molar-refractivity contribution in [3.8, 4) is 5.75 Å². The number of hydrogen-bond acceptors (Lipinski definition) is 3. The number of rotatable bonds is 5. The van der Waals surface area contributed by atoms with E-state index in [0.717, 1.165) is 10.5 Å². The molecular weight excluding hydrogens is 270 g/mol. The quantitative estimate of drug-likeness (QED) is 0.904. The summed E-state index contributed by atoms with van der Waals surface area (Å²) in [6.45, 7) is 7.57. The van der Waals surface area contributed by atoms with E-state index in [1.54, 1.807) is 13.0 Å². The van der Waals surface area contributed by atoms with E-state index in [4.69, 9.17) is 9.84 Å². The van der Waals surface area contributed by atoms with E-state index in [2.05, 4.69) is 20.8 Å². The van der Waals surface area contributed by atoms with Crippen molar-refractivity contribution in [2.24, 2.45) is 0 Å². The molecule has 0 fully saturated rings. The maximum Gasteiger partial charge on any atom is 0.323 e. The van der Waals surface area contributed by atoms with Crippen LogP contribution in [0.2, 0.25) is 0 Å². The van der Waals surface area contributed by atoms with Gasteiger partial charge in [0.25, 0.3) is 5.91 Å². The monoisotopic (exact) mass is 293 g/mol. The Hall–Kier alpha value is -2.04. The van der Waals surface area contributed by atoms with Gasteiger partial charge in [0.2, 0.25) is 0 Å². The third kappa shape index (κ3) is 5.10. The fourth-order valence-corrected chi connectivity index (χ4v) is 1.88. The van der Waals surface area contributed by atoms with Crippen LogP contribution >= 0.6 is 0 Å². The molecule has 1 amide bonds. The molecule has 1 atom stereocenters. The number of aliphatic carboxylic acids is 1. The van der Waals surface area contributed by atoms with Crippen LogP contribution in [0.4, 0.5) is 0 Å². The summed E-state index contributed by atoms with van der Waals surface area (Å²) in [4.78, 5) is 23.8. The Kier molecular flexibility index (Phi) is 5.35. The minimum atomic E-state index is -1.05. The van der Waals surface area contributed by atoms with E-state index in [1.165, 1.54) is 7.05 Å². The first-order chi connectivity index (χ1) is 9.61. The fourth-order valence-electron chi connectivity index (χ4n) is 1.88. The molecule has 1 unspecified atom stereocenters. The number of carboxylic acids is 1. The molecule has 0 saturated carbocycles. The van der Waals surface area contributed by atoms with Gasteiger partial charge in [-0.1, -0.05) is 32.9 Å². The van der Waals surface area contributed by atoms with Crippen molar-refractivity contribution in [2.75, 3.05) is 13.6 Å². The van der Waals surface area contributed by atoms with Gasteiger partial charge in [-0.3, -0.25) is 9.59 Å². The maximum atomic E-state index is 12.0. The van der Waals surface area contributed by atoms with Crippen LogP contribution < -0.4 is 4.74 Å². The van der Waals surface area contributed by atoms with Crippen molar-refractivity contribution in [3.05, 3.63) is 29.8 Å². The second-order valence-corrected chi connectivity index (χ2v) is 6.13. The van der Waals surface area contributed by atoms with E-state index in [-0.39, 0.29) is 17.9 Å². The third-order valence-corrected chi connectivity index (χ3v) is 3.11. The first-order valence-electron chi connectivity index (χ1n) is 6.85. The van der Waals surface area contributed by atoms with Crippen LogP contribution in [0.3, 0.4) is 0 Å². The minimum Gasteiger partial charge on any atom is -0.481 e. The maximum absolute atomic E-state index is 12.0. The lowest BCUT2D eigenvalue weighted by Crippen LogP contribution is -2.40. The Morgan fingerprint density at radius 1 is 1.33 bits per heavy atom. The molecule has 1 N–H and O–H groups in total. The molecule has 0 aliphatic heterocycles. The average Bonchev–Trinajstić information content (AvgIpc) is 2.36. The second-order valence-electron chi connectivity index (χ2n) is 6.13. The zero-order chi connectivity index (χ0) is 16.2. The number of hydrogen-bond donors (Lipinski definition) is 1. The molecule has 0 aliphatic carbocycles. The Labute approximate surface area is 125 Å². The number of carbonyl (C=O) groups is 2. The summed E-state index contributed by atoms with van der Waals surface area (Å²) < 4.78 is 5.63. The molecule has 0 spiro atoms. The number of ether oxygens (including phenoxy) is 1. The molecule has 1 aromatic rings. The summed E-state index contributed by atoms with van der Waals surface area (Å²) in [6, 6.07) is 7.58. The SMILES string of the molecule is CC(Oc1cccc(C(C)(C)C)c1)C(=O)N(C)CC(=O)O. The number of amides is 1. The molecule has 0 saturated heterocycles. The van der Waals surface area contributed by atoms with Crippen molar-refractivity contribution >= 4 is 11.9 Å². The van der Waals surface area contributed by atoms with E-state index in [0.29, 0.717) is 5.75 Å². The highest BCUT2D eigenvalue weighted by Gasteiger charge is 2.21. The van der Waals surface area contributed by atoms with Crippen LogP contribution in [-0.2, 0) is 15.0 Å². The Bertz CT molecular complexity index is 519. The largest absolute Gasteiger partial charge is 0.481 e. The summed E-state index contributed by atoms with van der Waals surface area (Å²) in [5, 5.41) is 8.70. The van der Waals surface area contributed by atoms with Gasteiger partial charge in [0.15, 0.2) is 6.10 Å². The van der Waals surface area contributed by atoms with Crippen molar-refractivity contribution in [3.63, 3.8) is 0 Å². The highest BCUT2D eigenvalue weighted by Crippen LogP contribution is 2.26. The predicted molar refractivity (Wildman–Crippen MR) is 80.5 cm³/mol. The molecule has 0 heterocycles. The number of carbonyl (C=O) groups excluding carboxylic acids is 1. The standard InChI is InChI=1S/C16H23NO4/c1-11(15(20)17(5)10-14(18)19)21-13-8-6-7-12(9-13)16(2,3)4/h6-9,11H,10H2,1-5H3,(H,18,19). The molecule has 116 valence electrons. The van der Waals surface area contributed by atoms with Crippen LogP contribution in [0, 0.1) is 0 Å². The summed E-state index contributed by atoms with van der Waals surface area (Å²) >= 11 is 0. The van der Waals surface area contributed by atoms with Crippen LogP contribution in [0.25, 0.3) is 0 Å². The smallest absolute Gasteiger partial charge is 0.323 e. The van der Waals surface area contributed by atoms with Gasteiger partial charge in [-0.15, -0.1) is 0 Å². The highest BCUT2D eigenvalue weighted by molar-refractivity contribution is 5.84. The van der Waals surface area contributed by atoms with Crippen molar-refractivity contribution in [2.45, 2.75) is 39.2 Å². The summed E-state index contributed by atoms with van der Waals surface area (Å²) in [5.74, 6) is -0.807. The Morgan fingerprint density at radius 2 is 1.95 bits per heavy atom. The van der Waals surface area contributed by atoms with Gasteiger partial charge in [0.05, 0.1) is 0 Å². The van der Waals surface area contributed by atoms with Gasteiger partial charge < -0.3 is 14.7 Å². The Morgan fingerprint density at radius 3 is 2.48 bits per heavy atom. The molecule has 0 aromatic heterocycles. The molecule has 5 nitrogen and oxygen atoms in total. The van der Waals surface area contributed by atoms with Crippen LogP contribution in [0.5, 0.6) is 5.75 Å². The molecule has 1 rings (SSSR count). The summed E-state index contributed by atoms with van der Waals surface area (Å²) in [5.41, 5.74) is 1.10. The van der Waals surface area contributed by atoms with Crippen molar-refractivity contribution in [1.29, 1.82) is 0 Å². The first-order valence-corrected chi connectivity index (χ1v) is 6.85. The van der Waals surface area contributed by atoms with E-state index < -0.39 is 12.1 Å². The third-order valence-electron chi connectivity index (χ3n) is 3.11. The van der Waals surface area contributed by atoms with Gasteiger partial charge in [-0.2, -0.15) is 0 Å². The van der Waals surface area contributed by atoms with Gasteiger partial charge in [-0.25, -0.2) is 0 Å². The van der Waals surface area contributed by atoms with Crippen molar-refractivity contribution < 1.29 is 19.4 Å². The molecule has 0 bridgehead atoms. The molecule has 0 aliphatic rings. The van der Waals surface area contributed by atoms with Crippen LogP contribution in [0.1, 0.15) is 33.3 Å². The highest BCUT2D eigenvalue weighted by atomic mass is 16.5. The molecule has 21 heavy (non-hydrogen) atoms. The number of benzene rings is 1. The van der Waals surface area contributed by atoms with Crippen LogP contribution in [-0.4, -0.2) is 41.6 Å².